The number of benzene rings is 3. The molecular formula is C29H31ClF3N3O4S. The average Bonchev–Trinajstić information content (AvgIpc) is 2.90. The Balaban J connectivity index is 2.11. The number of halogens is 4. The van der Waals surface area contributed by atoms with E-state index in [4.69, 9.17) is 11.6 Å². The van der Waals surface area contributed by atoms with E-state index < -0.39 is 46.2 Å². The molecule has 41 heavy (non-hydrogen) atoms. The summed E-state index contributed by atoms with van der Waals surface area (Å²) in [6, 6.07) is 14.8. The Labute approximate surface area is 243 Å². The SMILES string of the molecule is Cc1ccc(S(=O)(=O)N(CC(=O)N(Cc2ccccc2Cl)[C@H](C)C(=O)NC(C)C)c2cccc(C(F)(F)F)c2)cc1. The Hall–Kier alpha value is -3.57. The summed E-state index contributed by atoms with van der Waals surface area (Å²) in [5, 5.41) is 3.05. The molecule has 1 atom stereocenters. The molecule has 0 saturated carbocycles. The van der Waals surface area contributed by atoms with Crippen molar-refractivity contribution in [3.63, 3.8) is 0 Å². The molecular weight excluding hydrogens is 579 g/mol. The fourth-order valence-corrected chi connectivity index (χ4v) is 5.60. The molecule has 3 aromatic carbocycles. The first-order valence-electron chi connectivity index (χ1n) is 12.7. The number of alkyl halides is 3. The van der Waals surface area contributed by atoms with E-state index in [0.29, 0.717) is 21.0 Å². The van der Waals surface area contributed by atoms with E-state index in [0.717, 1.165) is 22.6 Å². The standard InChI is InChI=1S/C29H31ClF3N3O4S/c1-19(2)34-28(38)21(4)35(17-22-8-5-6-11-26(22)30)27(37)18-36(24-10-7-9-23(16-24)29(31,32)33)41(39,40)25-14-12-20(3)13-15-25/h5-16,19,21H,17-18H2,1-4H3,(H,34,38)/t21-/m1/s1. The second kappa shape index (κ2) is 12.9. The summed E-state index contributed by atoms with van der Waals surface area (Å²) in [7, 11) is -4.52. The summed E-state index contributed by atoms with van der Waals surface area (Å²) in [5.74, 6) is -1.31. The highest BCUT2D eigenvalue weighted by atomic mass is 35.5. The molecule has 0 aromatic heterocycles. The van der Waals surface area contributed by atoms with Crippen LogP contribution in [-0.4, -0.2) is 43.8 Å². The third-order valence-corrected chi connectivity index (χ3v) is 8.40. The van der Waals surface area contributed by atoms with E-state index in [1.807, 2.05) is 0 Å². The van der Waals surface area contributed by atoms with Gasteiger partial charge in [0, 0.05) is 17.6 Å². The van der Waals surface area contributed by atoms with Gasteiger partial charge in [0.2, 0.25) is 11.8 Å². The third-order valence-electron chi connectivity index (χ3n) is 6.25. The highest BCUT2D eigenvalue weighted by molar-refractivity contribution is 7.92. The molecule has 0 aliphatic heterocycles. The van der Waals surface area contributed by atoms with Crippen molar-refractivity contribution in [3.8, 4) is 0 Å². The van der Waals surface area contributed by atoms with Crippen molar-refractivity contribution in [2.75, 3.05) is 10.8 Å². The van der Waals surface area contributed by atoms with Crippen molar-refractivity contribution in [2.24, 2.45) is 0 Å². The van der Waals surface area contributed by atoms with Gasteiger partial charge < -0.3 is 10.2 Å². The molecule has 0 aliphatic rings. The zero-order valence-electron chi connectivity index (χ0n) is 22.9. The highest BCUT2D eigenvalue weighted by Crippen LogP contribution is 2.33. The van der Waals surface area contributed by atoms with Gasteiger partial charge in [0.15, 0.2) is 0 Å². The van der Waals surface area contributed by atoms with Gasteiger partial charge in [-0.1, -0.05) is 53.6 Å². The second-order valence-corrected chi connectivity index (χ2v) is 12.1. The van der Waals surface area contributed by atoms with Gasteiger partial charge in [-0.2, -0.15) is 13.2 Å². The Morgan fingerprint density at radius 1 is 0.951 bits per heavy atom. The lowest BCUT2D eigenvalue weighted by atomic mass is 10.1. The molecule has 0 radical (unpaired) electrons. The summed E-state index contributed by atoms with van der Waals surface area (Å²) < 4.78 is 68.9. The minimum atomic E-state index is -4.75. The summed E-state index contributed by atoms with van der Waals surface area (Å²) >= 11 is 6.32. The van der Waals surface area contributed by atoms with E-state index in [1.165, 1.54) is 25.1 Å². The Morgan fingerprint density at radius 3 is 2.17 bits per heavy atom. The lowest BCUT2D eigenvalue weighted by Crippen LogP contribution is -2.52. The van der Waals surface area contributed by atoms with E-state index in [1.54, 1.807) is 57.2 Å². The predicted molar refractivity (Wildman–Crippen MR) is 152 cm³/mol. The monoisotopic (exact) mass is 609 g/mol. The predicted octanol–water partition coefficient (Wildman–Crippen LogP) is 5.80. The molecule has 7 nitrogen and oxygen atoms in total. The van der Waals surface area contributed by atoms with Crippen LogP contribution in [0, 0.1) is 6.92 Å². The van der Waals surface area contributed by atoms with Crippen molar-refractivity contribution in [3.05, 3.63) is 94.5 Å². The van der Waals surface area contributed by atoms with Crippen LogP contribution in [0.15, 0.2) is 77.7 Å². The van der Waals surface area contributed by atoms with E-state index in [2.05, 4.69) is 5.32 Å². The molecule has 2 amide bonds. The summed E-state index contributed by atoms with van der Waals surface area (Å²) in [6.45, 7) is 5.70. The molecule has 12 heteroatoms. The third kappa shape index (κ3) is 8.01. The average molecular weight is 610 g/mol. The highest BCUT2D eigenvalue weighted by Gasteiger charge is 2.35. The van der Waals surface area contributed by atoms with Crippen molar-refractivity contribution >= 4 is 39.1 Å². The number of aryl methyl sites for hydroxylation is 1. The Morgan fingerprint density at radius 2 is 1.59 bits per heavy atom. The molecule has 220 valence electrons. The number of rotatable bonds is 10. The van der Waals surface area contributed by atoms with Crippen LogP contribution < -0.4 is 9.62 Å². The maximum absolute atomic E-state index is 13.9. The van der Waals surface area contributed by atoms with Crippen LogP contribution in [0.4, 0.5) is 18.9 Å². The smallest absolute Gasteiger partial charge is 0.352 e. The summed E-state index contributed by atoms with van der Waals surface area (Å²) in [4.78, 5) is 27.7. The Bertz CT molecular complexity index is 1500. The molecule has 3 rings (SSSR count). The molecule has 0 unspecified atom stereocenters. The number of anilines is 1. The number of sulfonamides is 1. The van der Waals surface area contributed by atoms with E-state index in [-0.39, 0.29) is 23.2 Å². The molecule has 0 spiro atoms. The Kier molecular flexibility index (Phi) is 10.1. The van der Waals surface area contributed by atoms with Crippen molar-refractivity contribution in [2.45, 2.75) is 57.4 Å². The molecule has 1 N–H and O–H groups in total. The number of carbonyl (C=O) groups is 2. The zero-order valence-corrected chi connectivity index (χ0v) is 24.5. The van der Waals surface area contributed by atoms with Crippen molar-refractivity contribution in [1.82, 2.24) is 10.2 Å². The van der Waals surface area contributed by atoms with Crippen molar-refractivity contribution in [1.29, 1.82) is 0 Å². The van der Waals surface area contributed by atoms with Crippen molar-refractivity contribution < 1.29 is 31.2 Å². The second-order valence-electron chi connectivity index (χ2n) is 9.83. The lowest BCUT2D eigenvalue weighted by molar-refractivity contribution is -0.139. The number of nitrogens with zero attached hydrogens (tertiary/aromatic N) is 2. The molecule has 0 aliphatic carbocycles. The first-order chi connectivity index (χ1) is 19.1. The topological polar surface area (TPSA) is 86.8 Å². The van der Waals surface area contributed by atoms with Gasteiger partial charge in [0.05, 0.1) is 16.1 Å². The number of amides is 2. The number of hydrogen-bond donors (Lipinski definition) is 1. The molecule has 3 aromatic rings. The van der Waals surface area contributed by atoms with Crippen LogP contribution in [-0.2, 0) is 32.3 Å². The van der Waals surface area contributed by atoms with Crippen LogP contribution in [0.5, 0.6) is 0 Å². The van der Waals surface area contributed by atoms with Gasteiger partial charge in [-0.15, -0.1) is 0 Å². The summed E-state index contributed by atoms with van der Waals surface area (Å²) in [5.41, 5.74) is -0.171. The number of carbonyl (C=O) groups excluding carboxylic acids is 2. The quantitative estimate of drug-likeness (QED) is 0.315. The fraction of sp³-hybridized carbons (Fsp3) is 0.310. The van der Waals surface area contributed by atoms with Gasteiger partial charge in [0.25, 0.3) is 10.0 Å². The van der Waals surface area contributed by atoms with Gasteiger partial charge in [-0.05, 0) is 69.7 Å². The van der Waals surface area contributed by atoms with Crippen LogP contribution in [0.3, 0.4) is 0 Å². The van der Waals surface area contributed by atoms with Crippen LogP contribution in [0.2, 0.25) is 5.02 Å². The van der Waals surface area contributed by atoms with E-state index in [9.17, 15) is 31.2 Å². The normalized spacial score (nSPS) is 12.6. The zero-order chi connectivity index (χ0) is 30.5. The number of hydrogen-bond acceptors (Lipinski definition) is 4. The van der Waals surface area contributed by atoms with Crippen LogP contribution >= 0.6 is 11.6 Å². The van der Waals surface area contributed by atoms with E-state index >= 15 is 0 Å². The minimum Gasteiger partial charge on any atom is -0.352 e. The van der Waals surface area contributed by atoms with Gasteiger partial charge >= 0.3 is 6.18 Å². The largest absolute Gasteiger partial charge is 0.416 e. The first kappa shape index (κ1) is 32.0. The molecule has 0 bridgehead atoms. The first-order valence-corrected chi connectivity index (χ1v) is 14.5. The van der Waals surface area contributed by atoms with Gasteiger partial charge in [-0.25, -0.2) is 8.42 Å². The number of nitrogens with one attached hydrogen (secondary N) is 1. The van der Waals surface area contributed by atoms with Crippen LogP contribution in [0.25, 0.3) is 0 Å². The van der Waals surface area contributed by atoms with Crippen LogP contribution in [0.1, 0.15) is 37.5 Å². The summed E-state index contributed by atoms with van der Waals surface area (Å²) in [6.07, 6.45) is -4.75. The fourth-order valence-electron chi connectivity index (χ4n) is 4.00. The maximum atomic E-state index is 13.9. The molecule has 0 heterocycles. The maximum Gasteiger partial charge on any atom is 0.416 e. The lowest BCUT2D eigenvalue weighted by Gasteiger charge is -2.32. The molecule has 0 saturated heterocycles. The minimum absolute atomic E-state index is 0.147. The van der Waals surface area contributed by atoms with Gasteiger partial charge in [0.1, 0.15) is 12.6 Å². The van der Waals surface area contributed by atoms with Gasteiger partial charge in [-0.3, -0.25) is 13.9 Å². The molecule has 0 fully saturated rings.